The molecule has 1 unspecified atom stereocenters. The average molecular weight is 314 g/mol. The maximum Gasteiger partial charge on any atom is 0.182 e. The highest BCUT2D eigenvalue weighted by Gasteiger charge is 2.22. The molecule has 0 aliphatic carbocycles. The lowest BCUT2D eigenvalue weighted by Gasteiger charge is -2.22. The van der Waals surface area contributed by atoms with E-state index in [1.807, 2.05) is 14.1 Å². The van der Waals surface area contributed by atoms with Gasteiger partial charge >= 0.3 is 0 Å². The fraction of sp³-hybridized carbons (Fsp3) is 0.750. The van der Waals surface area contributed by atoms with Gasteiger partial charge in [0.1, 0.15) is 5.69 Å². The molecule has 0 fully saturated rings. The van der Waals surface area contributed by atoms with Gasteiger partial charge in [-0.05, 0) is 31.8 Å². The van der Waals surface area contributed by atoms with Crippen LogP contribution in [0.4, 0.5) is 0 Å². The molecule has 0 aliphatic heterocycles. The summed E-state index contributed by atoms with van der Waals surface area (Å²) < 4.78 is 1.73. The Bertz CT molecular complexity index is 474. The number of carbonyl (C=O) groups excluding carboxylic acids is 1. The number of rotatable bonds is 7. The number of likely N-dealkylation sites (N-methyl/N-ethyl adjacent to an activating group) is 1. The van der Waals surface area contributed by atoms with Crippen LogP contribution in [-0.2, 0) is 6.54 Å². The van der Waals surface area contributed by atoms with Crippen molar-refractivity contribution in [2.24, 2.45) is 11.3 Å². The van der Waals surface area contributed by atoms with Crippen molar-refractivity contribution in [1.29, 1.82) is 0 Å². The van der Waals surface area contributed by atoms with Gasteiger partial charge in [-0.3, -0.25) is 9.48 Å². The first-order chi connectivity index (χ1) is 9.60. The van der Waals surface area contributed by atoms with Crippen LogP contribution in [0.1, 0.15) is 51.0 Å². The standard InChI is InChI=1S/C16H28ClN3O/c1-12(10-16(2,3)4)9-14(21)15-13(17)11-18-20(15)8-7-19(5)6/h11-12H,7-10H2,1-6H3. The van der Waals surface area contributed by atoms with Gasteiger partial charge < -0.3 is 4.90 Å². The van der Waals surface area contributed by atoms with Gasteiger partial charge in [0.25, 0.3) is 0 Å². The van der Waals surface area contributed by atoms with E-state index in [1.54, 1.807) is 10.9 Å². The molecule has 0 saturated carbocycles. The Balaban J connectivity index is 2.75. The Morgan fingerprint density at radius 2 is 2.05 bits per heavy atom. The number of nitrogens with zero attached hydrogens (tertiary/aromatic N) is 3. The van der Waals surface area contributed by atoms with E-state index < -0.39 is 0 Å². The van der Waals surface area contributed by atoms with Gasteiger partial charge in [-0.25, -0.2) is 0 Å². The van der Waals surface area contributed by atoms with Crippen molar-refractivity contribution in [2.75, 3.05) is 20.6 Å². The van der Waals surface area contributed by atoms with Gasteiger partial charge in [0.15, 0.2) is 5.78 Å². The number of hydrogen-bond acceptors (Lipinski definition) is 3. The van der Waals surface area contributed by atoms with Crippen molar-refractivity contribution in [1.82, 2.24) is 14.7 Å². The molecule has 1 rings (SSSR count). The molecule has 0 radical (unpaired) electrons. The molecule has 0 N–H and O–H groups in total. The SMILES string of the molecule is CC(CC(=O)c1c(Cl)cnn1CCN(C)C)CC(C)(C)C. The third-order valence-electron chi connectivity index (χ3n) is 3.31. The van der Waals surface area contributed by atoms with Crippen LogP contribution in [0.2, 0.25) is 5.02 Å². The zero-order chi connectivity index (χ0) is 16.2. The third kappa shape index (κ3) is 6.18. The number of hydrogen-bond donors (Lipinski definition) is 0. The number of carbonyl (C=O) groups is 1. The largest absolute Gasteiger partial charge is 0.308 e. The first-order valence-corrected chi connectivity index (χ1v) is 7.87. The van der Waals surface area contributed by atoms with Crippen molar-refractivity contribution in [2.45, 2.75) is 47.1 Å². The van der Waals surface area contributed by atoms with E-state index in [2.05, 4.69) is 37.7 Å². The maximum absolute atomic E-state index is 12.5. The topological polar surface area (TPSA) is 38.1 Å². The number of Topliss-reactive ketones (excluding diaryl/α,β-unsaturated/α-hetero) is 1. The lowest BCUT2D eigenvalue weighted by Crippen LogP contribution is -2.22. The van der Waals surface area contributed by atoms with Crippen molar-refractivity contribution in [3.63, 3.8) is 0 Å². The van der Waals surface area contributed by atoms with E-state index in [-0.39, 0.29) is 11.2 Å². The second-order valence-corrected chi connectivity index (χ2v) is 7.77. The van der Waals surface area contributed by atoms with E-state index in [4.69, 9.17) is 11.6 Å². The first-order valence-electron chi connectivity index (χ1n) is 7.49. The second-order valence-electron chi connectivity index (χ2n) is 7.36. The monoisotopic (exact) mass is 313 g/mol. The molecular weight excluding hydrogens is 286 g/mol. The molecule has 0 spiro atoms. The predicted molar refractivity (Wildman–Crippen MR) is 88.0 cm³/mol. The van der Waals surface area contributed by atoms with Crippen LogP contribution in [-0.4, -0.2) is 41.1 Å². The van der Waals surface area contributed by atoms with Crippen LogP contribution in [0.15, 0.2) is 6.20 Å². The minimum absolute atomic E-state index is 0.0907. The van der Waals surface area contributed by atoms with E-state index >= 15 is 0 Å². The van der Waals surface area contributed by atoms with E-state index in [1.165, 1.54) is 0 Å². The van der Waals surface area contributed by atoms with Crippen LogP contribution in [0, 0.1) is 11.3 Å². The number of aromatic nitrogens is 2. The summed E-state index contributed by atoms with van der Waals surface area (Å²) in [7, 11) is 4.00. The van der Waals surface area contributed by atoms with Gasteiger partial charge in [0.2, 0.25) is 0 Å². The Morgan fingerprint density at radius 1 is 1.43 bits per heavy atom. The molecule has 0 amide bonds. The molecule has 120 valence electrons. The number of ketones is 1. The average Bonchev–Trinajstić information content (AvgIpc) is 2.65. The van der Waals surface area contributed by atoms with Crippen molar-refractivity contribution >= 4 is 17.4 Å². The zero-order valence-corrected chi connectivity index (χ0v) is 14.9. The summed E-state index contributed by atoms with van der Waals surface area (Å²) in [6, 6.07) is 0. The van der Waals surface area contributed by atoms with Gasteiger partial charge in [0, 0.05) is 13.0 Å². The normalized spacial score (nSPS) is 13.7. The quantitative estimate of drug-likeness (QED) is 0.720. The number of halogens is 1. The maximum atomic E-state index is 12.5. The third-order valence-corrected chi connectivity index (χ3v) is 3.59. The molecule has 0 bridgehead atoms. The molecule has 5 heteroatoms. The summed E-state index contributed by atoms with van der Waals surface area (Å²) >= 11 is 6.15. The summed E-state index contributed by atoms with van der Waals surface area (Å²) in [6.45, 7) is 10.2. The van der Waals surface area contributed by atoms with Crippen molar-refractivity contribution < 1.29 is 4.79 Å². The zero-order valence-electron chi connectivity index (χ0n) is 14.1. The molecule has 4 nitrogen and oxygen atoms in total. The van der Waals surface area contributed by atoms with E-state index in [9.17, 15) is 4.79 Å². The predicted octanol–water partition coefficient (Wildman–Crippen LogP) is 3.74. The van der Waals surface area contributed by atoms with Crippen LogP contribution in [0.25, 0.3) is 0 Å². The molecular formula is C16H28ClN3O. The molecule has 1 aromatic heterocycles. The van der Waals surface area contributed by atoms with E-state index in [0.717, 1.165) is 13.0 Å². The molecule has 1 aromatic rings. The van der Waals surface area contributed by atoms with Gasteiger partial charge in [-0.2, -0.15) is 5.10 Å². The lowest BCUT2D eigenvalue weighted by atomic mass is 9.83. The van der Waals surface area contributed by atoms with Gasteiger partial charge in [-0.1, -0.05) is 39.3 Å². The first kappa shape index (κ1) is 18.2. The summed E-state index contributed by atoms with van der Waals surface area (Å²) in [5, 5.41) is 4.69. The highest BCUT2D eigenvalue weighted by molar-refractivity contribution is 6.33. The molecule has 21 heavy (non-hydrogen) atoms. The fourth-order valence-corrected chi connectivity index (χ4v) is 2.88. The van der Waals surface area contributed by atoms with Crippen LogP contribution >= 0.6 is 11.6 Å². The van der Waals surface area contributed by atoms with E-state index in [0.29, 0.717) is 29.6 Å². The molecule has 0 aliphatic rings. The second kappa shape index (κ2) is 7.41. The Kier molecular flexibility index (Phi) is 6.41. The Morgan fingerprint density at radius 3 is 2.57 bits per heavy atom. The minimum atomic E-state index is 0.0907. The van der Waals surface area contributed by atoms with Gasteiger partial charge in [-0.15, -0.1) is 0 Å². The lowest BCUT2D eigenvalue weighted by molar-refractivity contribution is 0.0943. The summed E-state index contributed by atoms with van der Waals surface area (Å²) in [4.78, 5) is 14.6. The molecule has 0 aromatic carbocycles. The fourth-order valence-electron chi connectivity index (χ4n) is 2.63. The Hall–Kier alpha value is -0.870. The van der Waals surface area contributed by atoms with Crippen LogP contribution in [0.5, 0.6) is 0 Å². The van der Waals surface area contributed by atoms with Crippen molar-refractivity contribution in [3.05, 3.63) is 16.9 Å². The summed E-state index contributed by atoms with van der Waals surface area (Å²) in [5.74, 6) is 0.429. The molecule has 1 atom stereocenters. The highest BCUT2D eigenvalue weighted by Crippen LogP contribution is 2.28. The molecule has 1 heterocycles. The summed E-state index contributed by atoms with van der Waals surface area (Å²) in [5.41, 5.74) is 0.786. The smallest absolute Gasteiger partial charge is 0.182 e. The molecule has 0 saturated heterocycles. The van der Waals surface area contributed by atoms with Crippen LogP contribution in [0.3, 0.4) is 0 Å². The highest BCUT2D eigenvalue weighted by atomic mass is 35.5. The van der Waals surface area contributed by atoms with Crippen LogP contribution < -0.4 is 0 Å². The Labute approximate surface area is 133 Å². The van der Waals surface area contributed by atoms with Crippen molar-refractivity contribution in [3.8, 4) is 0 Å². The van der Waals surface area contributed by atoms with Gasteiger partial charge in [0.05, 0.1) is 17.8 Å². The minimum Gasteiger partial charge on any atom is -0.308 e. The summed E-state index contributed by atoms with van der Waals surface area (Å²) in [6.07, 6.45) is 3.10.